The van der Waals surface area contributed by atoms with Gasteiger partial charge in [-0.25, -0.2) is 0 Å². The van der Waals surface area contributed by atoms with Gasteiger partial charge in [0.1, 0.15) is 0 Å². The number of rotatable bonds is 8. The third kappa shape index (κ3) is 4.86. The minimum Gasteiger partial charge on any atom is -0.378 e. The normalized spacial score (nSPS) is 24.1. The maximum Gasteiger partial charge on any atom is 0.242 e. The highest BCUT2D eigenvalue weighted by molar-refractivity contribution is 5.86. The van der Waals surface area contributed by atoms with Gasteiger partial charge in [-0.05, 0) is 32.6 Å². The molecule has 0 bridgehead atoms. The van der Waals surface area contributed by atoms with Crippen LogP contribution >= 0.6 is 12.4 Å². The largest absolute Gasteiger partial charge is 0.378 e. The molecular weight excluding hydrogens is 342 g/mol. The van der Waals surface area contributed by atoms with Gasteiger partial charge < -0.3 is 20.7 Å². The minimum absolute atomic E-state index is 0. The summed E-state index contributed by atoms with van der Waals surface area (Å²) in [6, 6.07) is 0.247. The number of carbonyl (C=O) groups excluding carboxylic acids is 2. The molecule has 2 aliphatic carbocycles. The molecule has 3 N–H and O–H groups in total. The molecular formula is C18H34ClN3O3. The predicted octanol–water partition coefficient (Wildman–Crippen LogP) is 1.85. The quantitative estimate of drug-likeness (QED) is 0.678. The van der Waals surface area contributed by atoms with E-state index in [1.165, 1.54) is 19.3 Å². The molecule has 0 aromatic carbocycles. The highest BCUT2D eigenvalue weighted by Crippen LogP contribution is 2.55. The van der Waals surface area contributed by atoms with Crippen molar-refractivity contribution in [3.63, 3.8) is 0 Å². The summed E-state index contributed by atoms with van der Waals surface area (Å²) in [5, 5.41) is 2.62. The third-order valence-corrected chi connectivity index (χ3v) is 5.68. The Morgan fingerprint density at radius 1 is 1.24 bits per heavy atom. The van der Waals surface area contributed by atoms with Crippen molar-refractivity contribution in [3.05, 3.63) is 0 Å². The van der Waals surface area contributed by atoms with Gasteiger partial charge in [-0.15, -0.1) is 12.4 Å². The molecule has 25 heavy (non-hydrogen) atoms. The van der Waals surface area contributed by atoms with Gasteiger partial charge in [-0.3, -0.25) is 9.59 Å². The number of nitrogens with one attached hydrogen (secondary N) is 1. The molecule has 0 aliphatic heterocycles. The van der Waals surface area contributed by atoms with Crippen LogP contribution in [0.5, 0.6) is 0 Å². The molecule has 2 unspecified atom stereocenters. The Bertz CT molecular complexity index is 441. The zero-order valence-electron chi connectivity index (χ0n) is 15.6. The van der Waals surface area contributed by atoms with E-state index in [4.69, 9.17) is 10.5 Å². The Labute approximate surface area is 157 Å². The van der Waals surface area contributed by atoms with Crippen LogP contribution in [-0.4, -0.2) is 55.1 Å². The van der Waals surface area contributed by atoms with Gasteiger partial charge in [0.15, 0.2) is 0 Å². The van der Waals surface area contributed by atoms with E-state index < -0.39 is 0 Å². The number of nitrogens with two attached hydrogens (primary N) is 1. The smallest absolute Gasteiger partial charge is 0.242 e. The van der Waals surface area contributed by atoms with Gasteiger partial charge in [0.25, 0.3) is 0 Å². The lowest BCUT2D eigenvalue weighted by molar-refractivity contribution is -0.188. The zero-order chi connectivity index (χ0) is 17.6. The fraction of sp³-hybridized carbons (Fsp3) is 0.889. The molecule has 0 aromatic heterocycles. The van der Waals surface area contributed by atoms with E-state index in [0.29, 0.717) is 0 Å². The summed E-state index contributed by atoms with van der Waals surface area (Å²) < 4.78 is 6.00. The van der Waals surface area contributed by atoms with Crippen LogP contribution in [0.25, 0.3) is 0 Å². The SMILES string of the molecule is CCCN(C(=O)CNC(=O)CN)C1CC(OCC)C12CCCCC2.Cl. The van der Waals surface area contributed by atoms with Crippen LogP contribution < -0.4 is 11.1 Å². The molecule has 146 valence electrons. The fourth-order valence-corrected chi connectivity index (χ4v) is 4.51. The van der Waals surface area contributed by atoms with E-state index in [2.05, 4.69) is 12.2 Å². The lowest BCUT2D eigenvalue weighted by atomic mass is 9.54. The summed E-state index contributed by atoms with van der Waals surface area (Å²) in [5.74, 6) is -0.281. The summed E-state index contributed by atoms with van der Waals surface area (Å²) >= 11 is 0. The molecule has 0 heterocycles. The van der Waals surface area contributed by atoms with Crippen LogP contribution in [0.4, 0.5) is 0 Å². The van der Waals surface area contributed by atoms with Gasteiger partial charge in [0.2, 0.25) is 11.8 Å². The van der Waals surface area contributed by atoms with E-state index in [1.54, 1.807) is 0 Å². The molecule has 2 aliphatic rings. The van der Waals surface area contributed by atoms with Crippen molar-refractivity contribution < 1.29 is 14.3 Å². The van der Waals surface area contributed by atoms with Crippen molar-refractivity contribution in [2.75, 3.05) is 26.2 Å². The second-order valence-electron chi connectivity index (χ2n) is 7.06. The lowest BCUT2D eigenvalue weighted by Gasteiger charge is -2.60. The third-order valence-electron chi connectivity index (χ3n) is 5.68. The summed E-state index contributed by atoms with van der Waals surface area (Å²) in [7, 11) is 0. The molecule has 2 atom stereocenters. The van der Waals surface area contributed by atoms with Crippen molar-refractivity contribution >= 4 is 24.2 Å². The van der Waals surface area contributed by atoms with E-state index in [1.807, 2.05) is 11.8 Å². The minimum atomic E-state index is -0.284. The first-order valence-electron chi connectivity index (χ1n) is 9.46. The van der Waals surface area contributed by atoms with Crippen LogP contribution in [0.3, 0.4) is 0 Å². The summed E-state index contributed by atoms with van der Waals surface area (Å²) in [4.78, 5) is 26.1. The highest BCUT2D eigenvalue weighted by Gasteiger charge is 2.58. The van der Waals surface area contributed by atoms with Gasteiger partial charge >= 0.3 is 0 Å². The number of carbonyl (C=O) groups is 2. The molecule has 0 aromatic rings. The Morgan fingerprint density at radius 3 is 2.48 bits per heavy atom. The molecule has 2 saturated carbocycles. The molecule has 6 nitrogen and oxygen atoms in total. The Hall–Kier alpha value is -0.850. The fourth-order valence-electron chi connectivity index (χ4n) is 4.51. The summed E-state index contributed by atoms with van der Waals surface area (Å²) in [6.45, 7) is 5.56. The van der Waals surface area contributed by atoms with Crippen LogP contribution in [0.1, 0.15) is 58.8 Å². The summed E-state index contributed by atoms with van der Waals surface area (Å²) in [6.07, 6.45) is 8.12. The summed E-state index contributed by atoms with van der Waals surface area (Å²) in [5.41, 5.74) is 5.42. The van der Waals surface area contributed by atoms with Crippen LogP contribution in [-0.2, 0) is 14.3 Å². The second-order valence-corrected chi connectivity index (χ2v) is 7.06. The number of ether oxygens (including phenoxy) is 1. The van der Waals surface area contributed by atoms with Crippen molar-refractivity contribution in [2.45, 2.75) is 70.9 Å². The van der Waals surface area contributed by atoms with Crippen molar-refractivity contribution in [1.29, 1.82) is 0 Å². The Morgan fingerprint density at radius 2 is 1.92 bits per heavy atom. The van der Waals surface area contributed by atoms with Gasteiger partial charge in [0, 0.05) is 24.6 Å². The molecule has 7 heteroatoms. The van der Waals surface area contributed by atoms with E-state index in [9.17, 15) is 9.59 Å². The number of halogens is 1. The molecule has 0 radical (unpaired) electrons. The average molecular weight is 376 g/mol. The van der Waals surface area contributed by atoms with Gasteiger partial charge in [-0.2, -0.15) is 0 Å². The zero-order valence-corrected chi connectivity index (χ0v) is 16.4. The Kier molecular flexibility index (Phi) is 9.17. The topological polar surface area (TPSA) is 84.7 Å². The molecule has 2 amide bonds. The van der Waals surface area contributed by atoms with Crippen molar-refractivity contribution in [3.8, 4) is 0 Å². The average Bonchev–Trinajstić information content (AvgIpc) is 2.61. The first-order chi connectivity index (χ1) is 11.6. The number of amides is 2. The molecule has 2 rings (SSSR count). The first-order valence-corrected chi connectivity index (χ1v) is 9.46. The number of hydrogen-bond acceptors (Lipinski definition) is 4. The van der Waals surface area contributed by atoms with Crippen LogP contribution in [0.2, 0.25) is 0 Å². The van der Waals surface area contributed by atoms with Crippen molar-refractivity contribution in [2.24, 2.45) is 11.1 Å². The number of hydrogen-bond donors (Lipinski definition) is 2. The van der Waals surface area contributed by atoms with Crippen molar-refractivity contribution in [1.82, 2.24) is 10.2 Å². The number of nitrogens with zero attached hydrogens (tertiary/aromatic N) is 1. The van der Waals surface area contributed by atoms with E-state index in [-0.39, 0.29) is 54.9 Å². The first kappa shape index (κ1) is 22.2. The maximum atomic E-state index is 12.7. The highest BCUT2D eigenvalue weighted by atomic mass is 35.5. The second kappa shape index (κ2) is 10.3. The van der Waals surface area contributed by atoms with Gasteiger partial charge in [0.05, 0.1) is 19.2 Å². The molecule has 1 spiro atoms. The van der Waals surface area contributed by atoms with Crippen LogP contribution in [0, 0.1) is 5.41 Å². The standard InChI is InChI=1S/C18H33N3O3.ClH/c1-3-10-21(17(23)13-20-16(22)12-19)14-11-15(24-4-2)18(14)8-6-5-7-9-18;/h14-15H,3-13,19H2,1-2H3,(H,20,22);1H. The Balaban J connectivity index is 0.00000312. The van der Waals surface area contributed by atoms with E-state index >= 15 is 0 Å². The van der Waals surface area contributed by atoms with Gasteiger partial charge in [-0.1, -0.05) is 26.2 Å². The van der Waals surface area contributed by atoms with Crippen LogP contribution in [0.15, 0.2) is 0 Å². The monoisotopic (exact) mass is 375 g/mol. The maximum absolute atomic E-state index is 12.7. The molecule has 2 fully saturated rings. The van der Waals surface area contributed by atoms with E-state index in [0.717, 1.165) is 38.8 Å². The lowest BCUT2D eigenvalue weighted by Crippen LogP contribution is -2.67. The molecule has 0 saturated heterocycles. The predicted molar refractivity (Wildman–Crippen MR) is 101 cm³/mol.